The van der Waals surface area contributed by atoms with Gasteiger partial charge in [-0.2, -0.15) is 0 Å². The lowest BCUT2D eigenvalue weighted by molar-refractivity contribution is 0.0848. The molecule has 0 bridgehead atoms. The number of benzene rings is 1. The molecule has 0 amide bonds. The zero-order valence-corrected chi connectivity index (χ0v) is 8.39. The van der Waals surface area contributed by atoms with Gasteiger partial charge < -0.3 is 4.74 Å². The normalized spacial score (nSPS) is 10.1. The van der Waals surface area contributed by atoms with E-state index in [0.29, 0.717) is 10.6 Å². The molecule has 70 valence electrons. The van der Waals surface area contributed by atoms with Crippen molar-refractivity contribution in [3.05, 3.63) is 34.3 Å². The quantitative estimate of drug-likeness (QED) is 0.698. The second kappa shape index (κ2) is 4.40. The highest BCUT2D eigenvalue weighted by Crippen LogP contribution is 2.16. The summed E-state index contributed by atoms with van der Waals surface area (Å²) in [4.78, 5) is 11.3. The lowest BCUT2D eigenvalue weighted by Crippen LogP contribution is -2.06. The Morgan fingerprint density at radius 1 is 1.54 bits per heavy atom. The van der Waals surface area contributed by atoms with Crippen molar-refractivity contribution >= 4 is 17.4 Å². The van der Waals surface area contributed by atoms with E-state index in [1.807, 2.05) is 6.92 Å². The molecule has 0 saturated heterocycles. The second-order valence-corrected chi connectivity index (χ2v) is 3.23. The maximum Gasteiger partial charge on any atom is 0.188 e. The van der Waals surface area contributed by atoms with Gasteiger partial charge in [-0.15, -0.1) is 0 Å². The molecule has 0 atom stereocenters. The van der Waals surface area contributed by atoms with Gasteiger partial charge in [0.15, 0.2) is 5.78 Å². The first-order valence-corrected chi connectivity index (χ1v) is 4.31. The van der Waals surface area contributed by atoms with Crippen LogP contribution in [0.2, 0.25) is 5.02 Å². The van der Waals surface area contributed by atoms with Crippen molar-refractivity contribution in [3.63, 3.8) is 0 Å². The van der Waals surface area contributed by atoms with Crippen LogP contribution in [0.15, 0.2) is 18.2 Å². The molecule has 0 unspecified atom stereocenters. The van der Waals surface area contributed by atoms with Crippen molar-refractivity contribution < 1.29 is 9.53 Å². The highest BCUT2D eigenvalue weighted by molar-refractivity contribution is 6.31. The Labute approximate surface area is 82.5 Å². The molecule has 2 nitrogen and oxygen atoms in total. The Balaban J connectivity index is 2.90. The highest BCUT2D eigenvalue weighted by Gasteiger charge is 2.05. The first kappa shape index (κ1) is 10.2. The van der Waals surface area contributed by atoms with Gasteiger partial charge in [0, 0.05) is 17.7 Å². The minimum Gasteiger partial charge on any atom is -0.377 e. The molecule has 13 heavy (non-hydrogen) atoms. The van der Waals surface area contributed by atoms with E-state index in [2.05, 4.69) is 0 Å². The standard InChI is InChI=1S/C10H11ClO2/c1-7-5-8(3-4-9(7)11)10(12)6-13-2/h3-5H,6H2,1-2H3. The summed E-state index contributed by atoms with van der Waals surface area (Å²) in [6.45, 7) is 1.98. The van der Waals surface area contributed by atoms with Gasteiger partial charge in [0.05, 0.1) is 0 Å². The Bertz CT molecular complexity index is 321. The summed E-state index contributed by atoms with van der Waals surface area (Å²) in [6.07, 6.45) is 0. The molecule has 1 rings (SSSR count). The van der Waals surface area contributed by atoms with Crippen LogP contribution in [0.25, 0.3) is 0 Å². The molecule has 3 heteroatoms. The van der Waals surface area contributed by atoms with Crippen LogP contribution in [0.3, 0.4) is 0 Å². The van der Waals surface area contributed by atoms with Crippen LogP contribution in [0, 0.1) is 6.92 Å². The lowest BCUT2D eigenvalue weighted by Gasteiger charge is -2.02. The Kier molecular flexibility index (Phi) is 3.46. The van der Waals surface area contributed by atoms with Gasteiger partial charge >= 0.3 is 0 Å². The van der Waals surface area contributed by atoms with Crippen molar-refractivity contribution in [3.8, 4) is 0 Å². The highest BCUT2D eigenvalue weighted by atomic mass is 35.5. The fourth-order valence-electron chi connectivity index (χ4n) is 1.03. The molecule has 0 fully saturated rings. The molecular weight excluding hydrogens is 188 g/mol. The number of hydrogen-bond acceptors (Lipinski definition) is 2. The predicted molar refractivity (Wildman–Crippen MR) is 52.4 cm³/mol. The van der Waals surface area contributed by atoms with Gasteiger partial charge in [0.1, 0.15) is 6.61 Å². The van der Waals surface area contributed by atoms with E-state index >= 15 is 0 Å². The summed E-state index contributed by atoms with van der Waals surface area (Å²) in [7, 11) is 1.50. The third-order valence-electron chi connectivity index (χ3n) is 1.76. The number of hydrogen-bond donors (Lipinski definition) is 0. The van der Waals surface area contributed by atoms with Crippen LogP contribution in [-0.4, -0.2) is 19.5 Å². The molecule has 0 aliphatic carbocycles. The first-order valence-electron chi connectivity index (χ1n) is 3.93. The monoisotopic (exact) mass is 198 g/mol. The van der Waals surface area contributed by atoms with Gasteiger partial charge in [-0.25, -0.2) is 0 Å². The lowest BCUT2D eigenvalue weighted by atomic mass is 10.1. The van der Waals surface area contributed by atoms with Crippen LogP contribution in [-0.2, 0) is 4.74 Å². The molecule has 0 saturated carbocycles. The fourth-order valence-corrected chi connectivity index (χ4v) is 1.15. The van der Waals surface area contributed by atoms with Gasteiger partial charge in [-0.1, -0.05) is 11.6 Å². The van der Waals surface area contributed by atoms with E-state index in [9.17, 15) is 4.79 Å². The summed E-state index contributed by atoms with van der Waals surface area (Å²) in [5.41, 5.74) is 1.55. The number of rotatable bonds is 3. The number of carbonyl (C=O) groups excluding carboxylic acids is 1. The van der Waals surface area contributed by atoms with Crippen LogP contribution >= 0.6 is 11.6 Å². The van der Waals surface area contributed by atoms with Crippen molar-refractivity contribution in [2.45, 2.75) is 6.92 Å². The van der Waals surface area contributed by atoms with E-state index in [0.717, 1.165) is 5.56 Å². The third kappa shape index (κ3) is 2.54. The van der Waals surface area contributed by atoms with E-state index < -0.39 is 0 Å². The molecule has 0 spiro atoms. The topological polar surface area (TPSA) is 26.3 Å². The maximum absolute atomic E-state index is 11.3. The minimum absolute atomic E-state index is 0.0257. The zero-order valence-electron chi connectivity index (χ0n) is 7.63. The predicted octanol–water partition coefficient (Wildman–Crippen LogP) is 2.48. The number of ketones is 1. The van der Waals surface area contributed by atoms with Crippen LogP contribution in [0.5, 0.6) is 0 Å². The molecule has 0 aromatic heterocycles. The first-order chi connectivity index (χ1) is 6.15. The summed E-state index contributed by atoms with van der Waals surface area (Å²) in [6, 6.07) is 5.19. The molecule has 0 aliphatic rings. The van der Waals surface area contributed by atoms with Crippen molar-refractivity contribution in [1.29, 1.82) is 0 Å². The SMILES string of the molecule is COCC(=O)c1ccc(Cl)c(C)c1. The smallest absolute Gasteiger partial charge is 0.188 e. The van der Waals surface area contributed by atoms with Gasteiger partial charge in [-0.05, 0) is 30.7 Å². The summed E-state index contributed by atoms with van der Waals surface area (Å²) in [5, 5.41) is 0.675. The average Bonchev–Trinajstić information content (AvgIpc) is 2.10. The third-order valence-corrected chi connectivity index (χ3v) is 2.18. The Hall–Kier alpha value is -0.860. The number of carbonyl (C=O) groups is 1. The van der Waals surface area contributed by atoms with E-state index in [-0.39, 0.29) is 12.4 Å². The summed E-state index contributed by atoms with van der Waals surface area (Å²) >= 11 is 5.82. The van der Waals surface area contributed by atoms with Crippen molar-refractivity contribution in [2.75, 3.05) is 13.7 Å². The summed E-state index contributed by atoms with van der Waals surface area (Å²) in [5.74, 6) is -0.0257. The Morgan fingerprint density at radius 2 is 2.23 bits per heavy atom. The van der Waals surface area contributed by atoms with E-state index in [4.69, 9.17) is 16.3 Å². The largest absolute Gasteiger partial charge is 0.377 e. The number of aryl methyl sites for hydroxylation is 1. The van der Waals surface area contributed by atoms with Gasteiger partial charge in [0.2, 0.25) is 0 Å². The zero-order chi connectivity index (χ0) is 9.84. The molecule has 0 heterocycles. The summed E-state index contributed by atoms with van der Waals surface area (Å²) < 4.78 is 4.75. The molecule has 0 N–H and O–H groups in total. The van der Waals surface area contributed by atoms with Crippen LogP contribution < -0.4 is 0 Å². The number of ether oxygens (including phenoxy) is 1. The van der Waals surface area contributed by atoms with Crippen LogP contribution in [0.1, 0.15) is 15.9 Å². The van der Waals surface area contributed by atoms with E-state index in [1.165, 1.54) is 7.11 Å². The fraction of sp³-hybridized carbons (Fsp3) is 0.300. The molecule has 0 aliphatic heterocycles. The molecule has 0 radical (unpaired) electrons. The Morgan fingerprint density at radius 3 is 2.77 bits per heavy atom. The van der Waals surface area contributed by atoms with Gasteiger partial charge in [-0.3, -0.25) is 4.79 Å². The minimum atomic E-state index is -0.0257. The number of Topliss-reactive ketones (excluding diaryl/α,β-unsaturated/α-hetero) is 1. The molecule has 1 aromatic rings. The van der Waals surface area contributed by atoms with Crippen molar-refractivity contribution in [2.24, 2.45) is 0 Å². The average molecular weight is 199 g/mol. The molecular formula is C10H11ClO2. The number of halogens is 1. The van der Waals surface area contributed by atoms with Crippen LogP contribution in [0.4, 0.5) is 0 Å². The van der Waals surface area contributed by atoms with Gasteiger partial charge in [0.25, 0.3) is 0 Å². The van der Waals surface area contributed by atoms with E-state index in [1.54, 1.807) is 18.2 Å². The van der Waals surface area contributed by atoms with Crippen molar-refractivity contribution in [1.82, 2.24) is 0 Å². The maximum atomic E-state index is 11.3. The number of methoxy groups -OCH3 is 1. The second-order valence-electron chi connectivity index (χ2n) is 2.82. The molecule has 1 aromatic carbocycles.